The predicted molar refractivity (Wildman–Crippen MR) is 53.1 cm³/mol. The highest BCUT2D eigenvalue weighted by Gasteiger charge is 2.31. The molecule has 0 aliphatic heterocycles. The number of primary amides is 1. The van der Waals surface area contributed by atoms with Crippen molar-refractivity contribution >= 4 is 17.4 Å². The molecule has 0 atom stereocenters. The Balaban J connectivity index is 2.68. The van der Waals surface area contributed by atoms with Crippen LogP contribution in [-0.2, 0) is 6.18 Å². The topological polar surface area (TPSA) is 86.4 Å². The van der Waals surface area contributed by atoms with Crippen molar-refractivity contribution in [2.24, 2.45) is 5.73 Å². The molecule has 2 aromatic heterocycles. The molecule has 5 nitrogen and oxygen atoms in total. The van der Waals surface area contributed by atoms with Gasteiger partial charge < -0.3 is 11.5 Å². The lowest BCUT2D eigenvalue weighted by Crippen LogP contribution is -2.13. The van der Waals surface area contributed by atoms with Gasteiger partial charge in [-0.25, -0.2) is 4.98 Å². The van der Waals surface area contributed by atoms with Crippen molar-refractivity contribution < 1.29 is 18.0 Å². The molecule has 2 rings (SSSR count). The van der Waals surface area contributed by atoms with Crippen LogP contribution in [0.1, 0.15) is 16.1 Å². The maximum absolute atomic E-state index is 12.4. The van der Waals surface area contributed by atoms with Gasteiger partial charge in [-0.1, -0.05) is 0 Å². The summed E-state index contributed by atoms with van der Waals surface area (Å²) in [6, 6.07) is 1.64. The number of rotatable bonds is 1. The Bertz CT molecular complexity index is 602. The van der Waals surface area contributed by atoms with Crippen molar-refractivity contribution in [1.29, 1.82) is 0 Å². The van der Waals surface area contributed by atoms with Crippen molar-refractivity contribution in [2.45, 2.75) is 6.18 Å². The highest BCUT2D eigenvalue weighted by Crippen LogP contribution is 2.30. The zero-order chi connectivity index (χ0) is 12.8. The third kappa shape index (κ3) is 1.77. The normalized spacial score (nSPS) is 11.9. The van der Waals surface area contributed by atoms with Gasteiger partial charge in [-0.15, -0.1) is 0 Å². The van der Waals surface area contributed by atoms with Gasteiger partial charge in [0.1, 0.15) is 11.5 Å². The molecule has 0 fully saturated rings. The first kappa shape index (κ1) is 11.2. The predicted octanol–water partition coefficient (Wildman–Crippen LogP) is 1.03. The molecule has 0 saturated carbocycles. The van der Waals surface area contributed by atoms with E-state index in [1.807, 2.05) is 0 Å². The first-order valence-corrected chi connectivity index (χ1v) is 4.45. The minimum atomic E-state index is -4.48. The molecule has 17 heavy (non-hydrogen) atoms. The standard InChI is InChI=1S/C9H7F3N4O/c10-9(11,12)4-1-2-16-5(3-4)15-6(7(16)13)8(14)17/h1-3H,13H2,(H2,14,17). The van der Waals surface area contributed by atoms with Crippen LogP contribution in [-0.4, -0.2) is 15.3 Å². The molecule has 1 amide bonds. The number of alkyl halides is 3. The molecule has 0 aromatic carbocycles. The minimum Gasteiger partial charge on any atom is -0.383 e. The smallest absolute Gasteiger partial charge is 0.383 e. The van der Waals surface area contributed by atoms with Crippen molar-refractivity contribution in [2.75, 3.05) is 5.73 Å². The molecule has 0 spiro atoms. The zero-order valence-electron chi connectivity index (χ0n) is 8.32. The molecular weight excluding hydrogens is 237 g/mol. The van der Waals surface area contributed by atoms with Crippen LogP contribution in [0, 0.1) is 0 Å². The number of aromatic nitrogens is 2. The van der Waals surface area contributed by atoms with E-state index in [9.17, 15) is 18.0 Å². The van der Waals surface area contributed by atoms with Crippen LogP contribution >= 0.6 is 0 Å². The van der Waals surface area contributed by atoms with Gasteiger partial charge in [-0.3, -0.25) is 9.20 Å². The van der Waals surface area contributed by atoms with Gasteiger partial charge in [0.25, 0.3) is 5.91 Å². The Morgan fingerprint density at radius 1 is 1.41 bits per heavy atom. The molecule has 0 aliphatic rings. The summed E-state index contributed by atoms with van der Waals surface area (Å²) < 4.78 is 38.4. The van der Waals surface area contributed by atoms with E-state index in [2.05, 4.69) is 4.98 Å². The molecule has 2 aromatic rings. The number of carbonyl (C=O) groups excluding carboxylic acids is 1. The summed E-state index contributed by atoms with van der Waals surface area (Å²) in [6.07, 6.45) is -3.39. The summed E-state index contributed by atoms with van der Waals surface area (Å²) >= 11 is 0. The lowest BCUT2D eigenvalue weighted by atomic mass is 10.2. The Kier molecular flexibility index (Phi) is 2.23. The van der Waals surface area contributed by atoms with E-state index >= 15 is 0 Å². The van der Waals surface area contributed by atoms with Crippen LogP contribution < -0.4 is 11.5 Å². The molecule has 8 heteroatoms. The maximum atomic E-state index is 12.4. The van der Waals surface area contributed by atoms with Gasteiger partial charge in [0, 0.05) is 6.20 Å². The Labute approximate surface area is 92.8 Å². The number of anilines is 1. The first-order chi connectivity index (χ1) is 7.80. The summed E-state index contributed by atoms with van der Waals surface area (Å²) in [5, 5.41) is 0. The van der Waals surface area contributed by atoms with E-state index in [0.29, 0.717) is 0 Å². The van der Waals surface area contributed by atoms with E-state index in [0.717, 1.165) is 22.7 Å². The highest BCUT2D eigenvalue weighted by atomic mass is 19.4. The second-order valence-electron chi connectivity index (χ2n) is 3.35. The second-order valence-corrected chi connectivity index (χ2v) is 3.35. The summed E-state index contributed by atoms with van der Waals surface area (Å²) in [7, 11) is 0. The highest BCUT2D eigenvalue weighted by molar-refractivity contribution is 5.96. The lowest BCUT2D eigenvalue weighted by Gasteiger charge is -2.06. The van der Waals surface area contributed by atoms with Crippen molar-refractivity contribution in [3.05, 3.63) is 29.6 Å². The average Bonchev–Trinajstić information content (AvgIpc) is 2.54. The lowest BCUT2D eigenvalue weighted by molar-refractivity contribution is -0.137. The number of nitrogens with zero attached hydrogens (tertiary/aromatic N) is 2. The number of fused-ring (bicyclic) bond motifs is 1. The summed E-state index contributed by atoms with van der Waals surface area (Å²) in [5.74, 6) is -0.971. The van der Waals surface area contributed by atoms with E-state index < -0.39 is 17.6 Å². The molecule has 0 unspecified atom stereocenters. The number of nitrogens with two attached hydrogens (primary N) is 2. The van der Waals surface area contributed by atoms with Gasteiger partial charge in [0.15, 0.2) is 5.69 Å². The van der Waals surface area contributed by atoms with Gasteiger partial charge in [-0.2, -0.15) is 13.2 Å². The maximum Gasteiger partial charge on any atom is 0.416 e. The minimum absolute atomic E-state index is 0.0777. The number of imidazole rings is 1. The van der Waals surface area contributed by atoms with Crippen LogP contribution in [0.5, 0.6) is 0 Å². The molecule has 0 aliphatic carbocycles. The molecule has 4 N–H and O–H groups in total. The Morgan fingerprint density at radius 2 is 2.06 bits per heavy atom. The number of amides is 1. The average molecular weight is 244 g/mol. The summed E-state index contributed by atoms with van der Waals surface area (Å²) in [5.41, 5.74) is 9.31. The molecule has 90 valence electrons. The van der Waals surface area contributed by atoms with Gasteiger partial charge in [0.2, 0.25) is 0 Å². The van der Waals surface area contributed by atoms with Crippen molar-refractivity contribution in [3.63, 3.8) is 0 Å². The van der Waals surface area contributed by atoms with Crippen LogP contribution in [0.4, 0.5) is 19.0 Å². The zero-order valence-corrected chi connectivity index (χ0v) is 8.32. The van der Waals surface area contributed by atoms with Crippen molar-refractivity contribution in [1.82, 2.24) is 9.38 Å². The third-order valence-corrected chi connectivity index (χ3v) is 2.22. The van der Waals surface area contributed by atoms with Crippen LogP contribution in [0.3, 0.4) is 0 Å². The van der Waals surface area contributed by atoms with Crippen LogP contribution in [0.25, 0.3) is 5.65 Å². The number of nitrogen functional groups attached to an aromatic ring is 1. The van der Waals surface area contributed by atoms with E-state index in [-0.39, 0.29) is 17.2 Å². The van der Waals surface area contributed by atoms with Crippen LogP contribution in [0.15, 0.2) is 18.3 Å². The molecule has 0 saturated heterocycles. The van der Waals surface area contributed by atoms with Gasteiger partial charge in [0.05, 0.1) is 5.56 Å². The van der Waals surface area contributed by atoms with Crippen molar-refractivity contribution in [3.8, 4) is 0 Å². The largest absolute Gasteiger partial charge is 0.416 e. The third-order valence-electron chi connectivity index (χ3n) is 2.22. The number of hydrogen-bond acceptors (Lipinski definition) is 3. The second kappa shape index (κ2) is 3.37. The number of halogens is 3. The molecule has 2 heterocycles. The number of pyridine rings is 1. The summed E-state index contributed by atoms with van der Waals surface area (Å²) in [6.45, 7) is 0. The Morgan fingerprint density at radius 3 is 2.59 bits per heavy atom. The first-order valence-electron chi connectivity index (χ1n) is 4.45. The molecular formula is C9H7F3N4O. The summed E-state index contributed by atoms with van der Waals surface area (Å²) in [4.78, 5) is 14.6. The SMILES string of the molecule is NC(=O)c1nc2cc(C(F)(F)F)ccn2c1N. The fourth-order valence-electron chi connectivity index (χ4n) is 1.42. The fraction of sp³-hybridized carbons (Fsp3) is 0.111. The van der Waals surface area contributed by atoms with Crippen LogP contribution in [0.2, 0.25) is 0 Å². The molecule has 0 radical (unpaired) electrons. The van der Waals surface area contributed by atoms with E-state index in [1.165, 1.54) is 0 Å². The van der Waals surface area contributed by atoms with Gasteiger partial charge >= 0.3 is 6.18 Å². The quantitative estimate of drug-likeness (QED) is 0.785. The van der Waals surface area contributed by atoms with E-state index in [1.54, 1.807) is 0 Å². The number of hydrogen-bond donors (Lipinski definition) is 2. The Hall–Kier alpha value is -2.25. The monoisotopic (exact) mass is 244 g/mol. The molecule has 0 bridgehead atoms. The van der Waals surface area contributed by atoms with Gasteiger partial charge in [-0.05, 0) is 12.1 Å². The fourth-order valence-corrected chi connectivity index (χ4v) is 1.42. The number of carbonyl (C=O) groups is 1. The van der Waals surface area contributed by atoms with E-state index in [4.69, 9.17) is 11.5 Å².